The van der Waals surface area contributed by atoms with Crippen LogP contribution in [0.4, 0.5) is 0 Å². The number of unbranched alkanes of at least 4 members (excludes halogenated alkanes) is 2. The zero-order chi connectivity index (χ0) is 51.2. The summed E-state index contributed by atoms with van der Waals surface area (Å²) in [6.45, 7) is 12.6. The van der Waals surface area contributed by atoms with Gasteiger partial charge in [-0.2, -0.15) is 0 Å². The van der Waals surface area contributed by atoms with Crippen LogP contribution in [0.2, 0.25) is 0 Å². The lowest BCUT2D eigenvalue weighted by Crippen LogP contribution is -2.46. The SMILES string of the molecule is CCCCC[C@H](CC(=O)[C@@H]1CCCN1C(=O)[C@H](C)CC(=O)[C@H](C)NC(=O)[C@@H](CC(=O)CNC(=O)[C@@H](CC(=O)[C@H](CCC(N)=O)NC(=O)CCC(=O)[C@@H]1C[C@@H](O)CN1)CC(C)C)CC(C)C)C(=O)O. The van der Waals surface area contributed by atoms with E-state index in [0.717, 1.165) is 12.8 Å². The number of β-amino-alcohol motifs (C(OH)–C–C–N with tert-alkyl or cyclic N) is 1. The number of aliphatic hydroxyl groups is 1. The van der Waals surface area contributed by atoms with Crippen LogP contribution < -0.4 is 27.0 Å². The highest BCUT2D eigenvalue weighted by atomic mass is 16.4. The molecule has 19 nitrogen and oxygen atoms in total. The van der Waals surface area contributed by atoms with Gasteiger partial charge in [-0.25, -0.2) is 0 Å². The molecule has 0 aromatic heterocycles. The lowest BCUT2D eigenvalue weighted by Gasteiger charge is -2.28. The fraction of sp³-hybridized carbons (Fsp3) is 0.776. The third kappa shape index (κ3) is 21.2. The van der Waals surface area contributed by atoms with Crippen molar-refractivity contribution in [2.24, 2.45) is 41.2 Å². The first-order valence-corrected chi connectivity index (χ1v) is 24.7. The second-order valence-electron chi connectivity index (χ2n) is 19.9. The number of nitrogens with zero attached hydrogens (tertiary/aromatic N) is 1. The van der Waals surface area contributed by atoms with Crippen LogP contribution >= 0.6 is 0 Å². The predicted octanol–water partition coefficient (Wildman–Crippen LogP) is 2.50. The maximum Gasteiger partial charge on any atom is 0.306 e. The van der Waals surface area contributed by atoms with Gasteiger partial charge in [0, 0.05) is 75.8 Å². The average Bonchev–Trinajstić information content (AvgIpc) is 3.94. The molecule has 0 aromatic rings. The number of nitrogens with two attached hydrogens (primary N) is 1. The number of ketones is 5. The molecule has 0 aliphatic carbocycles. The zero-order valence-electron chi connectivity index (χ0n) is 41.4. The fourth-order valence-corrected chi connectivity index (χ4v) is 8.96. The summed E-state index contributed by atoms with van der Waals surface area (Å²) in [7, 11) is 0. The molecule has 19 heteroatoms. The van der Waals surface area contributed by atoms with Gasteiger partial charge in [-0.05, 0) is 63.7 Å². The number of rotatable bonds is 34. The number of carbonyl (C=O) groups is 11. The lowest BCUT2D eigenvalue weighted by molar-refractivity contribution is -0.146. The van der Waals surface area contributed by atoms with Crippen molar-refractivity contribution in [3.63, 3.8) is 0 Å². The Kier molecular flexibility index (Phi) is 26.0. The lowest BCUT2D eigenvalue weighted by atomic mass is 9.88. The van der Waals surface area contributed by atoms with E-state index in [1.54, 1.807) is 6.92 Å². The quantitative estimate of drug-likeness (QED) is 0.0456. The molecule has 0 bridgehead atoms. The van der Waals surface area contributed by atoms with Gasteiger partial charge in [0.05, 0.1) is 42.7 Å². The number of likely N-dealkylation sites (tertiary alicyclic amines) is 1. The van der Waals surface area contributed by atoms with Crippen LogP contribution in [-0.2, 0) is 52.7 Å². The number of amides is 5. The summed E-state index contributed by atoms with van der Waals surface area (Å²) in [5.74, 6) is -9.41. The van der Waals surface area contributed by atoms with Crippen LogP contribution in [0.25, 0.3) is 0 Å². The molecule has 2 rings (SSSR count). The van der Waals surface area contributed by atoms with Crippen LogP contribution in [0.15, 0.2) is 0 Å². The number of hydrogen-bond donors (Lipinski definition) is 7. The van der Waals surface area contributed by atoms with Crippen LogP contribution in [0.5, 0.6) is 0 Å². The van der Waals surface area contributed by atoms with E-state index in [1.807, 2.05) is 34.6 Å². The van der Waals surface area contributed by atoms with Gasteiger partial charge in [0.15, 0.2) is 23.1 Å². The van der Waals surface area contributed by atoms with Gasteiger partial charge in [0.2, 0.25) is 29.5 Å². The number of carboxylic acids is 1. The van der Waals surface area contributed by atoms with Crippen LogP contribution in [0, 0.1) is 35.5 Å². The van der Waals surface area contributed by atoms with Crippen molar-refractivity contribution in [3.8, 4) is 0 Å². The molecule has 2 saturated heterocycles. The topological polar surface area (TPSA) is 306 Å². The molecule has 384 valence electrons. The molecule has 2 aliphatic heterocycles. The van der Waals surface area contributed by atoms with E-state index in [0.29, 0.717) is 32.2 Å². The van der Waals surface area contributed by atoms with Crippen LogP contribution in [0.3, 0.4) is 0 Å². The van der Waals surface area contributed by atoms with Gasteiger partial charge >= 0.3 is 5.97 Å². The van der Waals surface area contributed by atoms with E-state index in [4.69, 9.17) is 5.73 Å². The van der Waals surface area contributed by atoms with E-state index in [-0.39, 0.29) is 101 Å². The van der Waals surface area contributed by atoms with Crippen LogP contribution in [0.1, 0.15) is 158 Å². The minimum atomic E-state index is -1.17. The summed E-state index contributed by atoms with van der Waals surface area (Å²) in [5, 5.41) is 30.2. The van der Waals surface area contributed by atoms with Crippen molar-refractivity contribution >= 4 is 64.4 Å². The van der Waals surface area contributed by atoms with Gasteiger partial charge in [0.1, 0.15) is 5.78 Å². The minimum absolute atomic E-state index is 0.0294. The molecule has 2 heterocycles. The molecule has 0 unspecified atom stereocenters. The van der Waals surface area contributed by atoms with Gasteiger partial charge in [-0.15, -0.1) is 0 Å². The molecule has 8 N–H and O–H groups in total. The first-order chi connectivity index (χ1) is 31.9. The summed E-state index contributed by atoms with van der Waals surface area (Å²) in [6, 6.07) is -3.53. The highest BCUT2D eigenvalue weighted by molar-refractivity contribution is 5.97. The Labute approximate surface area is 401 Å². The Morgan fingerprint density at radius 2 is 1.38 bits per heavy atom. The second-order valence-corrected chi connectivity index (χ2v) is 19.9. The minimum Gasteiger partial charge on any atom is -0.481 e. The monoisotopic (exact) mass is 961 g/mol. The number of carboxylic acid groups (broad SMARTS) is 1. The van der Waals surface area contributed by atoms with E-state index < -0.39 is 113 Å². The molecule has 0 spiro atoms. The maximum atomic E-state index is 13.6. The number of nitrogens with one attached hydrogen (secondary N) is 4. The van der Waals surface area contributed by atoms with E-state index >= 15 is 0 Å². The third-order valence-electron chi connectivity index (χ3n) is 12.8. The number of Topliss-reactive ketones (excluding diaryl/α,β-unsaturated/α-hetero) is 5. The Balaban J connectivity index is 2.01. The number of aliphatic hydroxyl groups excluding tert-OH is 1. The first-order valence-electron chi connectivity index (χ1n) is 24.7. The molecule has 9 atom stereocenters. The number of hydrogen-bond acceptors (Lipinski definition) is 13. The molecule has 0 saturated carbocycles. The predicted molar refractivity (Wildman–Crippen MR) is 251 cm³/mol. The Hall–Kier alpha value is -4.91. The maximum absolute atomic E-state index is 13.6. The van der Waals surface area contributed by atoms with Crippen molar-refractivity contribution in [2.45, 2.75) is 188 Å². The van der Waals surface area contributed by atoms with Crippen molar-refractivity contribution in [2.75, 3.05) is 19.6 Å². The first kappa shape index (κ1) is 59.2. The van der Waals surface area contributed by atoms with Gasteiger partial charge < -0.3 is 42.1 Å². The average molecular weight is 961 g/mol. The molecular formula is C49H80N6O13. The highest BCUT2D eigenvalue weighted by Gasteiger charge is 2.38. The molecule has 68 heavy (non-hydrogen) atoms. The molecule has 2 fully saturated rings. The summed E-state index contributed by atoms with van der Waals surface area (Å²) in [4.78, 5) is 145. The highest BCUT2D eigenvalue weighted by Crippen LogP contribution is 2.26. The Bertz CT molecular complexity index is 1790. The van der Waals surface area contributed by atoms with Crippen molar-refractivity contribution in [1.29, 1.82) is 0 Å². The van der Waals surface area contributed by atoms with Crippen molar-refractivity contribution in [3.05, 3.63) is 0 Å². The largest absolute Gasteiger partial charge is 0.481 e. The fourth-order valence-electron chi connectivity index (χ4n) is 8.96. The van der Waals surface area contributed by atoms with Gasteiger partial charge in [-0.3, -0.25) is 52.7 Å². The smallest absolute Gasteiger partial charge is 0.306 e. The number of carbonyl (C=O) groups excluding carboxylic acids is 10. The summed E-state index contributed by atoms with van der Waals surface area (Å²) < 4.78 is 0. The molecule has 0 radical (unpaired) electrons. The second kappa shape index (κ2) is 29.9. The Morgan fingerprint density at radius 3 is 1.96 bits per heavy atom. The third-order valence-corrected chi connectivity index (χ3v) is 12.8. The number of primary amides is 1. The molecule has 5 amide bonds. The van der Waals surface area contributed by atoms with Crippen LogP contribution in [-0.4, -0.2) is 129 Å². The van der Waals surface area contributed by atoms with E-state index in [2.05, 4.69) is 21.3 Å². The summed E-state index contributed by atoms with van der Waals surface area (Å²) >= 11 is 0. The van der Waals surface area contributed by atoms with Crippen molar-refractivity contribution in [1.82, 2.24) is 26.2 Å². The summed E-state index contributed by atoms with van der Waals surface area (Å²) in [5.41, 5.74) is 5.33. The van der Waals surface area contributed by atoms with Crippen molar-refractivity contribution < 1.29 is 63.0 Å². The van der Waals surface area contributed by atoms with E-state index in [1.165, 1.54) is 11.8 Å². The van der Waals surface area contributed by atoms with Gasteiger partial charge in [0.25, 0.3) is 0 Å². The standard InChI is InChI=1S/C49H80N6O13/c1-8-9-10-12-32(49(67)68)23-43(61)39-13-11-18-55(39)48(66)30(6)21-41(59)31(7)53-47(65)33(19-28(2)3)22-35(56)27-52-46(64)34(20-29(4)5)24-42(60)37(14-16-44(50)62)54-45(63)17-15-40(58)38-25-36(57)26-51-38/h28-34,36-39,51,57H,8-27H2,1-7H3,(H2,50,62)(H,52,64)(H,53,65)(H,54,63)(H,67,68)/t30-,31+,32-,33-,34-,36-,37+,38+,39+/m1/s1. The Morgan fingerprint density at radius 1 is 0.735 bits per heavy atom. The zero-order valence-corrected chi connectivity index (χ0v) is 41.4. The normalized spacial score (nSPS) is 19.6. The summed E-state index contributed by atoms with van der Waals surface area (Å²) in [6.07, 6.45) is 2.21. The molecular weight excluding hydrogens is 881 g/mol. The van der Waals surface area contributed by atoms with Gasteiger partial charge in [-0.1, -0.05) is 60.8 Å². The number of aliphatic carboxylic acids is 1. The molecule has 2 aliphatic rings. The molecule has 0 aromatic carbocycles. The van der Waals surface area contributed by atoms with E-state index in [9.17, 15) is 63.0 Å².